The SMILES string of the molecule is CC/C=C\C/C=C\C/C=C\C/C=C\C/C=C\CCCC(=O)OCC(COCCCCCCCC/C=C\C/C=C\CCCCC)OC(=O)C/C=C\C/C=C\C/C=C\C/C=C\C/C=C\CC. The number of unbranched alkanes of at least 4 members (excludes halogenated alkanes) is 10. The van der Waals surface area contributed by atoms with Gasteiger partial charge in [0.15, 0.2) is 6.10 Å². The van der Waals surface area contributed by atoms with Gasteiger partial charge in [0.25, 0.3) is 0 Å². The van der Waals surface area contributed by atoms with Crippen LogP contribution < -0.4 is 0 Å². The van der Waals surface area contributed by atoms with Gasteiger partial charge in [0.05, 0.1) is 13.0 Å². The minimum atomic E-state index is -0.630. The largest absolute Gasteiger partial charge is 0.462 e. The maximum atomic E-state index is 12.7. The van der Waals surface area contributed by atoms with Gasteiger partial charge in [0.1, 0.15) is 6.61 Å². The maximum Gasteiger partial charge on any atom is 0.310 e. The first-order valence-electron chi connectivity index (χ1n) is 25.4. The molecule has 0 aliphatic rings. The highest BCUT2D eigenvalue weighted by Gasteiger charge is 2.17. The van der Waals surface area contributed by atoms with Gasteiger partial charge < -0.3 is 14.2 Å². The summed E-state index contributed by atoms with van der Waals surface area (Å²) in [6, 6.07) is 0. The molecular weight excluding hydrogens is 789 g/mol. The van der Waals surface area contributed by atoms with Crippen LogP contribution >= 0.6 is 0 Å². The van der Waals surface area contributed by atoms with Gasteiger partial charge in [-0.1, -0.05) is 205 Å². The summed E-state index contributed by atoms with van der Waals surface area (Å²) in [5.74, 6) is -0.630. The van der Waals surface area contributed by atoms with Crippen molar-refractivity contribution in [3.63, 3.8) is 0 Å². The second-order valence-electron chi connectivity index (χ2n) is 16.0. The van der Waals surface area contributed by atoms with Crippen molar-refractivity contribution >= 4 is 11.9 Å². The van der Waals surface area contributed by atoms with Crippen molar-refractivity contribution in [2.24, 2.45) is 0 Å². The third kappa shape index (κ3) is 50.4. The molecule has 358 valence electrons. The Morgan fingerprint density at radius 3 is 1.20 bits per heavy atom. The number of hydrogen-bond donors (Lipinski definition) is 0. The summed E-state index contributed by atoms with van der Waals surface area (Å²) in [6.45, 7) is 7.35. The number of carbonyl (C=O) groups excluding carboxylic acids is 2. The summed E-state index contributed by atoms with van der Waals surface area (Å²) in [5.41, 5.74) is 0. The smallest absolute Gasteiger partial charge is 0.310 e. The number of esters is 2. The van der Waals surface area contributed by atoms with Crippen LogP contribution in [-0.4, -0.2) is 37.9 Å². The average molecular weight is 881 g/mol. The molecule has 5 heteroatoms. The van der Waals surface area contributed by atoms with E-state index in [0.29, 0.717) is 19.4 Å². The summed E-state index contributed by atoms with van der Waals surface area (Å²) in [5, 5.41) is 0. The van der Waals surface area contributed by atoms with E-state index in [1.807, 2.05) is 12.2 Å². The fourth-order valence-corrected chi connectivity index (χ4v) is 6.18. The fourth-order valence-electron chi connectivity index (χ4n) is 6.18. The Labute approximate surface area is 393 Å². The average Bonchev–Trinajstić information content (AvgIpc) is 3.30. The van der Waals surface area contributed by atoms with Crippen molar-refractivity contribution in [2.45, 2.75) is 194 Å². The molecule has 1 atom stereocenters. The van der Waals surface area contributed by atoms with E-state index in [9.17, 15) is 9.59 Å². The Kier molecular flexibility index (Phi) is 49.6. The van der Waals surface area contributed by atoms with Gasteiger partial charge in [-0.15, -0.1) is 0 Å². The molecule has 1 unspecified atom stereocenters. The van der Waals surface area contributed by atoms with Crippen LogP contribution in [0.25, 0.3) is 0 Å². The van der Waals surface area contributed by atoms with E-state index in [-0.39, 0.29) is 31.6 Å². The predicted molar refractivity (Wildman–Crippen MR) is 278 cm³/mol. The molecule has 0 aromatic rings. The van der Waals surface area contributed by atoms with Crippen molar-refractivity contribution in [2.75, 3.05) is 19.8 Å². The minimum Gasteiger partial charge on any atom is -0.462 e. The first-order valence-corrected chi connectivity index (χ1v) is 25.4. The van der Waals surface area contributed by atoms with Crippen LogP contribution in [0.1, 0.15) is 188 Å². The number of rotatable bonds is 44. The summed E-state index contributed by atoms with van der Waals surface area (Å²) >= 11 is 0. The molecule has 0 saturated heterocycles. The zero-order valence-corrected chi connectivity index (χ0v) is 41.0. The summed E-state index contributed by atoms with van der Waals surface area (Å²) in [7, 11) is 0. The number of hydrogen-bond acceptors (Lipinski definition) is 5. The Balaban J connectivity index is 4.54. The molecule has 0 fully saturated rings. The fraction of sp³-hybridized carbons (Fsp3) is 0.559. The van der Waals surface area contributed by atoms with Gasteiger partial charge in [-0.05, 0) is 116 Å². The highest BCUT2D eigenvalue weighted by atomic mass is 16.6. The first-order chi connectivity index (χ1) is 31.6. The summed E-state index contributed by atoms with van der Waals surface area (Å²) < 4.78 is 17.2. The molecular formula is C59H92O5. The second kappa shape index (κ2) is 53.1. The van der Waals surface area contributed by atoms with E-state index in [0.717, 1.165) is 96.3 Å². The molecule has 0 saturated carbocycles. The number of allylic oxidation sites excluding steroid dienone is 23. The lowest BCUT2D eigenvalue weighted by atomic mass is 10.1. The zero-order valence-electron chi connectivity index (χ0n) is 41.0. The molecule has 5 nitrogen and oxygen atoms in total. The van der Waals surface area contributed by atoms with Gasteiger partial charge in [-0.2, -0.15) is 0 Å². The van der Waals surface area contributed by atoms with Gasteiger partial charge in [0.2, 0.25) is 0 Å². The second-order valence-corrected chi connectivity index (χ2v) is 16.0. The van der Waals surface area contributed by atoms with Crippen molar-refractivity contribution in [1.29, 1.82) is 0 Å². The maximum absolute atomic E-state index is 12.7. The van der Waals surface area contributed by atoms with E-state index in [1.54, 1.807) is 0 Å². The Morgan fingerprint density at radius 1 is 0.375 bits per heavy atom. The van der Waals surface area contributed by atoms with Gasteiger partial charge in [-0.25, -0.2) is 0 Å². The van der Waals surface area contributed by atoms with E-state index < -0.39 is 6.10 Å². The molecule has 0 rings (SSSR count). The van der Waals surface area contributed by atoms with E-state index in [4.69, 9.17) is 14.2 Å². The standard InChI is InChI=1S/C59H92O5/c1-4-7-10-13-16-19-22-25-28-30-32-34-37-40-43-46-49-52-58(60)63-56-57(55-62-54-51-48-45-42-39-36-33-29-26-23-20-17-14-11-8-5-2)64-59(61)53-50-47-44-41-38-35-31-27-24-21-18-15-12-9-6-3/h7,9-10,12,16-21,25-29,31-32,34,38,40-41,43,47,50,57H,4-6,8,11,13-15,22-24,30,33,35-37,39,42,44-46,48-49,51-56H2,1-3H3/b10-7-,12-9-,19-16-,20-17-,21-18-,28-25-,29-26-,31-27-,34-32-,41-38-,43-40-,50-47-. The molecule has 0 N–H and O–H groups in total. The molecule has 0 radical (unpaired) electrons. The normalized spacial score (nSPS) is 13.5. The third-order valence-electron chi connectivity index (χ3n) is 9.87. The topological polar surface area (TPSA) is 61.8 Å². The van der Waals surface area contributed by atoms with Gasteiger partial charge >= 0.3 is 11.9 Å². The zero-order chi connectivity index (χ0) is 46.3. The van der Waals surface area contributed by atoms with E-state index in [2.05, 4.69) is 154 Å². The summed E-state index contributed by atoms with van der Waals surface area (Å²) in [4.78, 5) is 25.3. The Morgan fingerprint density at radius 2 is 0.750 bits per heavy atom. The van der Waals surface area contributed by atoms with Crippen LogP contribution in [0.5, 0.6) is 0 Å². The van der Waals surface area contributed by atoms with Crippen LogP contribution in [0.2, 0.25) is 0 Å². The van der Waals surface area contributed by atoms with Crippen molar-refractivity contribution in [1.82, 2.24) is 0 Å². The molecule has 0 aromatic heterocycles. The lowest BCUT2D eigenvalue weighted by molar-refractivity contribution is -0.162. The van der Waals surface area contributed by atoms with E-state index in [1.165, 1.54) is 51.4 Å². The number of carbonyl (C=O) groups is 2. The molecule has 0 aromatic carbocycles. The van der Waals surface area contributed by atoms with Crippen LogP contribution in [0, 0.1) is 0 Å². The third-order valence-corrected chi connectivity index (χ3v) is 9.87. The summed E-state index contributed by atoms with van der Waals surface area (Å²) in [6.07, 6.45) is 77.4. The van der Waals surface area contributed by atoms with Gasteiger partial charge in [-0.3, -0.25) is 9.59 Å². The molecule has 0 spiro atoms. The van der Waals surface area contributed by atoms with Crippen LogP contribution in [-0.2, 0) is 23.8 Å². The van der Waals surface area contributed by atoms with Crippen molar-refractivity contribution in [3.05, 3.63) is 146 Å². The highest BCUT2D eigenvalue weighted by molar-refractivity contribution is 5.71. The van der Waals surface area contributed by atoms with Crippen LogP contribution in [0.3, 0.4) is 0 Å². The Hall–Kier alpha value is -4.22. The molecule has 0 amide bonds. The number of ether oxygens (including phenoxy) is 3. The predicted octanol–water partition coefficient (Wildman–Crippen LogP) is 17.3. The van der Waals surface area contributed by atoms with Crippen molar-refractivity contribution < 1.29 is 23.8 Å². The van der Waals surface area contributed by atoms with Crippen LogP contribution in [0.4, 0.5) is 0 Å². The molecule has 0 heterocycles. The quantitative estimate of drug-likeness (QED) is 0.0347. The molecule has 0 aliphatic carbocycles. The molecule has 64 heavy (non-hydrogen) atoms. The monoisotopic (exact) mass is 881 g/mol. The van der Waals surface area contributed by atoms with E-state index >= 15 is 0 Å². The minimum absolute atomic E-state index is 0.00159. The first kappa shape index (κ1) is 59.8. The molecule has 0 bridgehead atoms. The molecule has 0 aliphatic heterocycles. The Bertz CT molecular complexity index is 1410. The lowest BCUT2D eigenvalue weighted by Gasteiger charge is -2.18. The van der Waals surface area contributed by atoms with Crippen LogP contribution in [0.15, 0.2) is 146 Å². The highest BCUT2D eigenvalue weighted by Crippen LogP contribution is 2.10. The van der Waals surface area contributed by atoms with Crippen molar-refractivity contribution in [3.8, 4) is 0 Å². The lowest BCUT2D eigenvalue weighted by Crippen LogP contribution is -2.29. The van der Waals surface area contributed by atoms with Gasteiger partial charge in [0, 0.05) is 13.0 Å².